The lowest BCUT2D eigenvalue weighted by Gasteiger charge is -2.14. The van der Waals surface area contributed by atoms with Crippen molar-refractivity contribution < 1.29 is 32.8 Å². The summed E-state index contributed by atoms with van der Waals surface area (Å²) in [5.74, 6) is -3.38. The van der Waals surface area contributed by atoms with Crippen molar-refractivity contribution in [3.05, 3.63) is 65.7 Å². The summed E-state index contributed by atoms with van der Waals surface area (Å²) < 4.78 is 32.3. The van der Waals surface area contributed by atoms with E-state index in [0.29, 0.717) is 10.9 Å². The van der Waals surface area contributed by atoms with Gasteiger partial charge in [0.2, 0.25) is 0 Å². The fraction of sp³-hybridized carbons (Fsp3) is 0. The van der Waals surface area contributed by atoms with Crippen molar-refractivity contribution in [2.45, 2.75) is 4.90 Å². The first kappa shape index (κ1) is 17.6. The monoisotopic (exact) mass is 372 g/mol. The van der Waals surface area contributed by atoms with Crippen LogP contribution in [0.15, 0.2) is 59.5 Å². The fourth-order valence-electron chi connectivity index (χ4n) is 2.92. The highest BCUT2D eigenvalue weighted by Gasteiger charge is 2.30. The van der Waals surface area contributed by atoms with E-state index >= 15 is 0 Å². The van der Waals surface area contributed by atoms with Crippen LogP contribution in [-0.2, 0) is 10.1 Å². The zero-order chi connectivity index (χ0) is 19.1. The third kappa shape index (κ3) is 2.92. The second kappa shape index (κ2) is 6.25. The largest absolute Gasteiger partial charge is 0.478 e. The van der Waals surface area contributed by atoms with Crippen LogP contribution < -0.4 is 0 Å². The number of hydrogen-bond donors (Lipinski definition) is 3. The first-order valence-corrected chi connectivity index (χ1v) is 8.75. The number of benzene rings is 3. The zero-order valence-electron chi connectivity index (χ0n) is 13.1. The molecule has 0 aliphatic carbocycles. The first-order valence-electron chi connectivity index (χ1n) is 7.31. The number of hydrogen-bond acceptors (Lipinski definition) is 4. The van der Waals surface area contributed by atoms with Gasteiger partial charge >= 0.3 is 11.9 Å². The lowest BCUT2D eigenvalue weighted by Crippen LogP contribution is -2.16. The Morgan fingerprint density at radius 3 is 1.96 bits per heavy atom. The maximum atomic E-state index is 11.8. The van der Waals surface area contributed by atoms with E-state index in [9.17, 15) is 32.8 Å². The van der Waals surface area contributed by atoms with Crippen molar-refractivity contribution in [1.29, 1.82) is 0 Å². The highest BCUT2D eigenvalue weighted by molar-refractivity contribution is 7.86. The molecule has 3 rings (SSSR count). The molecule has 3 aromatic rings. The van der Waals surface area contributed by atoms with Gasteiger partial charge < -0.3 is 10.2 Å². The number of carbonyl (C=O) groups is 2. The van der Waals surface area contributed by atoms with Gasteiger partial charge in [0, 0.05) is 0 Å². The van der Waals surface area contributed by atoms with E-state index in [-0.39, 0.29) is 5.56 Å². The molecule has 0 bridgehead atoms. The highest BCUT2D eigenvalue weighted by atomic mass is 32.2. The Labute approximate surface area is 147 Å². The summed E-state index contributed by atoms with van der Waals surface area (Å²) in [6.45, 7) is 0. The van der Waals surface area contributed by atoms with Gasteiger partial charge in [-0.05, 0) is 28.0 Å². The van der Waals surface area contributed by atoms with Gasteiger partial charge in [0.15, 0.2) is 0 Å². The Morgan fingerprint density at radius 2 is 1.35 bits per heavy atom. The van der Waals surface area contributed by atoms with E-state index in [0.717, 1.165) is 11.5 Å². The number of carboxylic acid groups (broad SMARTS) is 2. The Kier molecular flexibility index (Phi) is 4.23. The Balaban J connectivity index is 2.48. The van der Waals surface area contributed by atoms with Gasteiger partial charge in [0.1, 0.15) is 4.90 Å². The van der Waals surface area contributed by atoms with Gasteiger partial charge in [0.25, 0.3) is 10.1 Å². The molecule has 0 saturated heterocycles. The van der Waals surface area contributed by atoms with Crippen molar-refractivity contribution in [3.63, 3.8) is 0 Å². The average molecular weight is 372 g/mol. The molecule has 7 nitrogen and oxygen atoms in total. The minimum atomic E-state index is -4.92. The lowest BCUT2D eigenvalue weighted by atomic mass is 9.92. The van der Waals surface area contributed by atoms with E-state index in [1.54, 1.807) is 30.3 Å². The van der Waals surface area contributed by atoms with E-state index in [1.165, 1.54) is 6.07 Å². The van der Waals surface area contributed by atoms with Gasteiger partial charge in [-0.3, -0.25) is 4.55 Å². The Bertz CT molecular complexity index is 1160. The minimum absolute atomic E-state index is 0.0408. The molecule has 0 aromatic heterocycles. The molecule has 0 aliphatic heterocycles. The number of carboxylic acids is 2. The summed E-state index contributed by atoms with van der Waals surface area (Å²) in [7, 11) is -4.92. The second-order valence-corrected chi connectivity index (χ2v) is 6.86. The van der Waals surface area contributed by atoms with Crippen LogP contribution in [0.25, 0.3) is 21.9 Å². The molecule has 0 aliphatic rings. The van der Waals surface area contributed by atoms with Gasteiger partial charge in [0.05, 0.1) is 11.1 Å². The molecular formula is C18H12O7S. The van der Waals surface area contributed by atoms with Crippen LogP contribution in [0.2, 0.25) is 0 Å². The van der Waals surface area contributed by atoms with Gasteiger partial charge in [-0.15, -0.1) is 0 Å². The Morgan fingerprint density at radius 1 is 0.731 bits per heavy atom. The van der Waals surface area contributed by atoms with Crippen LogP contribution in [0.4, 0.5) is 0 Å². The average Bonchev–Trinajstić information content (AvgIpc) is 2.59. The van der Waals surface area contributed by atoms with Crippen LogP contribution in [0, 0.1) is 0 Å². The molecule has 0 radical (unpaired) electrons. The Hall–Kier alpha value is -3.23. The summed E-state index contributed by atoms with van der Waals surface area (Å²) in [6, 6.07) is 14.3. The predicted molar refractivity (Wildman–Crippen MR) is 93.1 cm³/mol. The lowest BCUT2D eigenvalue weighted by molar-refractivity contribution is 0.0648. The van der Waals surface area contributed by atoms with Crippen LogP contribution in [-0.4, -0.2) is 35.1 Å². The molecule has 0 amide bonds. The van der Waals surface area contributed by atoms with E-state index in [2.05, 4.69) is 0 Å². The normalized spacial score (nSPS) is 11.4. The number of aromatic carboxylic acids is 2. The minimum Gasteiger partial charge on any atom is -0.478 e. The van der Waals surface area contributed by atoms with E-state index in [4.69, 9.17) is 0 Å². The SMILES string of the molecule is O=C(O)c1c(-c2cccc3ccccc23)ccc(S(=O)(=O)O)c1C(=O)O. The molecule has 3 aromatic carbocycles. The van der Waals surface area contributed by atoms with Crippen LogP contribution in [0.5, 0.6) is 0 Å². The van der Waals surface area contributed by atoms with Gasteiger partial charge in [-0.2, -0.15) is 8.42 Å². The molecule has 0 fully saturated rings. The molecule has 0 heterocycles. The number of rotatable bonds is 4. The maximum Gasteiger partial charge on any atom is 0.338 e. The summed E-state index contributed by atoms with van der Waals surface area (Å²) in [5, 5.41) is 20.5. The number of fused-ring (bicyclic) bond motifs is 1. The molecule has 0 unspecified atom stereocenters. The highest BCUT2D eigenvalue weighted by Crippen LogP contribution is 2.35. The molecule has 0 atom stereocenters. The molecule has 132 valence electrons. The van der Waals surface area contributed by atoms with E-state index < -0.39 is 38.1 Å². The molecule has 0 saturated carbocycles. The summed E-state index contributed by atoms with van der Waals surface area (Å²) in [5.41, 5.74) is -1.21. The van der Waals surface area contributed by atoms with Gasteiger partial charge in [-0.25, -0.2) is 9.59 Å². The van der Waals surface area contributed by atoms with Crippen molar-refractivity contribution >= 4 is 32.8 Å². The van der Waals surface area contributed by atoms with Crippen molar-refractivity contribution in [3.8, 4) is 11.1 Å². The standard InChI is InChI=1S/C18H12O7S/c19-17(20)15-13(8-9-14(26(23,24)25)16(15)18(21)22)12-7-3-5-10-4-1-2-6-11(10)12/h1-9H,(H,19,20)(H,21,22)(H,23,24,25). The van der Waals surface area contributed by atoms with Crippen molar-refractivity contribution in [1.82, 2.24) is 0 Å². The molecule has 8 heteroatoms. The quantitative estimate of drug-likeness (QED) is 0.600. The third-order valence-corrected chi connectivity index (χ3v) is 4.85. The van der Waals surface area contributed by atoms with E-state index in [1.807, 2.05) is 12.1 Å². The fourth-order valence-corrected chi connectivity index (χ4v) is 3.61. The first-order chi connectivity index (χ1) is 12.2. The van der Waals surface area contributed by atoms with Gasteiger partial charge in [-0.1, -0.05) is 48.5 Å². The topological polar surface area (TPSA) is 129 Å². The molecule has 26 heavy (non-hydrogen) atoms. The maximum absolute atomic E-state index is 11.8. The predicted octanol–water partition coefficient (Wildman–Crippen LogP) is 3.15. The van der Waals surface area contributed by atoms with Crippen LogP contribution in [0.3, 0.4) is 0 Å². The summed E-state index contributed by atoms with van der Waals surface area (Å²) in [4.78, 5) is 22.4. The molecule has 0 spiro atoms. The zero-order valence-corrected chi connectivity index (χ0v) is 13.9. The van der Waals surface area contributed by atoms with Crippen LogP contribution in [0.1, 0.15) is 20.7 Å². The van der Waals surface area contributed by atoms with Crippen LogP contribution >= 0.6 is 0 Å². The second-order valence-electron chi connectivity index (χ2n) is 5.47. The van der Waals surface area contributed by atoms with Crippen molar-refractivity contribution in [2.24, 2.45) is 0 Å². The smallest absolute Gasteiger partial charge is 0.338 e. The molecule has 3 N–H and O–H groups in total. The molecular weight excluding hydrogens is 360 g/mol. The summed E-state index contributed by atoms with van der Waals surface area (Å²) >= 11 is 0. The third-order valence-electron chi connectivity index (χ3n) is 3.95. The summed E-state index contributed by atoms with van der Waals surface area (Å²) in [6.07, 6.45) is 0. The van der Waals surface area contributed by atoms with Crippen molar-refractivity contribution in [2.75, 3.05) is 0 Å².